The van der Waals surface area contributed by atoms with Gasteiger partial charge >= 0.3 is 0 Å². The highest BCUT2D eigenvalue weighted by molar-refractivity contribution is 5.81. The van der Waals surface area contributed by atoms with E-state index in [2.05, 4.69) is 5.32 Å². The number of hydrogen-bond acceptors (Lipinski definition) is 3. The maximum atomic E-state index is 12.1. The van der Waals surface area contributed by atoms with Crippen LogP contribution in [-0.2, 0) is 4.79 Å². The Bertz CT molecular complexity index is 427. The Hall–Kier alpha value is -1.55. The lowest BCUT2D eigenvalue weighted by Crippen LogP contribution is -2.42. The molecule has 2 atom stereocenters. The molecule has 0 aliphatic heterocycles. The van der Waals surface area contributed by atoms with Crippen LogP contribution in [0.25, 0.3) is 0 Å². The summed E-state index contributed by atoms with van der Waals surface area (Å²) in [7, 11) is 0. The summed E-state index contributed by atoms with van der Waals surface area (Å²) in [6.45, 7) is 7.49. The summed E-state index contributed by atoms with van der Waals surface area (Å²) in [4.78, 5) is 12.1. The van der Waals surface area contributed by atoms with Crippen molar-refractivity contribution in [2.45, 2.75) is 58.8 Å². The predicted octanol–water partition coefficient (Wildman–Crippen LogP) is 2.81. The van der Waals surface area contributed by atoms with Crippen molar-refractivity contribution in [3.8, 4) is 5.75 Å². The molecule has 1 aromatic carbocycles. The Kier molecular flexibility index (Phi) is 6.52. The quantitative estimate of drug-likeness (QED) is 0.807. The molecule has 2 N–H and O–H groups in total. The van der Waals surface area contributed by atoms with E-state index in [1.165, 1.54) is 0 Å². The lowest BCUT2D eigenvalue weighted by molar-refractivity contribution is -0.128. The molecule has 112 valence electrons. The molecule has 0 fully saturated rings. The number of ether oxygens (including phenoxy) is 1. The monoisotopic (exact) mass is 279 g/mol. The van der Waals surface area contributed by atoms with Gasteiger partial charge in [-0.1, -0.05) is 32.0 Å². The summed E-state index contributed by atoms with van der Waals surface area (Å²) in [5.74, 6) is 0.425. The molecular formula is C16H25NO3. The first-order chi connectivity index (χ1) is 9.49. The number of aliphatic hydroxyl groups is 1. The molecular weight excluding hydrogens is 254 g/mol. The molecule has 0 bridgehead atoms. The number of para-hydroxylation sites is 1. The SMILES string of the molecule is CCC(CC)NC(=O)C(C)Oc1ccccc1C(C)O. The van der Waals surface area contributed by atoms with Crippen LogP contribution in [0.3, 0.4) is 0 Å². The van der Waals surface area contributed by atoms with Crippen molar-refractivity contribution in [1.82, 2.24) is 5.32 Å². The molecule has 20 heavy (non-hydrogen) atoms. The van der Waals surface area contributed by atoms with E-state index in [9.17, 15) is 9.90 Å². The fourth-order valence-corrected chi connectivity index (χ4v) is 1.99. The summed E-state index contributed by atoms with van der Waals surface area (Å²) in [6.07, 6.45) is 0.592. The zero-order valence-electron chi connectivity index (χ0n) is 12.7. The van der Waals surface area contributed by atoms with Gasteiger partial charge in [0.25, 0.3) is 5.91 Å². The highest BCUT2D eigenvalue weighted by Gasteiger charge is 2.19. The maximum absolute atomic E-state index is 12.1. The van der Waals surface area contributed by atoms with E-state index in [1.54, 1.807) is 26.0 Å². The Morgan fingerprint density at radius 2 is 1.85 bits per heavy atom. The molecule has 0 heterocycles. The second-order valence-electron chi connectivity index (χ2n) is 5.00. The van der Waals surface area contributed by atoms with Crippen LogP contribution in [0.5, 0.6) is 5.75 Å². The van der Waals surface area contributed by atoms with Crippen LogP contribution >= 0.6 is 0 Å². The molecule has 0 spiro atoms. The lowest BCUT2D eigenvalue weighted by Gasteiger charge is -2.21. The van der Waals surface area contributed by atoms with Crippen molar-refractivity contribution >= 4 is 5.91 Å². The number of aliphatic hydroxyl groups excluding tert-OH is 1. The number of hydrogen-bond donors (Lipinski definition) is 2. The number of rotatable bonds is 7. The first-order valence-corrected chi connectivity index (χ1v) is 7.23. The molecule has 0 aliphatic carbocycles. The predicted molar refractivity (Wildman–Crippen MR) is 79.7 cm³/mol. The number of benzene rings is 1. The third kappa shape index (κ3) is 4.53. The molecule has 0 saturated heterocycles. The van der Waals surface area contributed by atoms with Gasteiger partial charge in [0.1, 0.15) is 5.75 Å². The lowest BCUT2D eigenvalue weighted by atomic mass is 10.1. The zero-order valence-corrected chi connectivity index (χ0v) is 12.7. The van der Waals surface area contributed by atoms with Crippen molar-refractivity contribution < 1.29 is 14.6 Å². The molecule has 0 aromatic heterocycles. The zero-order chi connectivity index (χ0) is 15.1. The molecule has 0 saturated carbocycles. The van der Waals surface area contributed by atoms with Gasteiger partial charge in [0, 0.05) is 11.6 Å². The van der Waals surface area contributed by atoms with Crippen LogP contribution in [0.15, 0.2) is 24.3 Å². The number of nitrogens with one attached hydrogen (secondary N) is 1. The molecule has 2 unspecified atom stereocenters. The van der Waals surface area contributed by atoms with Crippen LogP contribution in [0, 0.1) is 0 Å². The molecule has 1 rings (SSSR count). The summed E-state index contributed by atoms with van der Waals surface area (Å²) >= 11 is 0. The smallest absolute Gasteiger partial charge is 0.260 e. The molecule has 4 nitrogen and oxygen atoms in total. The van der Waals surface area contributed by atoms with E-state index < -0.39 is 12.2 Å². The van der Waals surface area contributed by atoms with E-state index in [0.29, 0.717) is 11.3 Å². The first kappa shape index (κ1) is 16.5. The Morgan fingerprint density at radius 1 is 1.25 bits per heavy atom. The second kappa shape index (κ2) is 7.90. The second-order valence-corrected chi connectivity index (χ2v) is 5.00. The standard InChI is InChI=1S/C16H25NO3/c1-5-13(6-2)17-16(19)12(4)20-15-10-8-7-9-14(15)11(3)18/h7-13,18H,5-6H2,1-4H3,(H,17,19). The van der Waals surface area contributed by atoms with Gasteiger partial charge in [-0.2, -0.15) is 0 Å². The highest BCUT2D eigenvalue weighted by Crippen LogP contribution is 2.25. The highest BCUT2D eigenvalue weighted by atomic mass is 16.5. The van der Waals surface area contributed by atoms with E-state index >= 15 is 0 Å². The fraction of sp³-hybridized carbons (Fsp3) is 0.562. The van der Waals surface area contributed by atoms with Crippen molar-refractivity contribution in [3.63, 3.8) is 0 Å². The Balaban J connectivity index is 2.70. The van der Waals surface area contributed by atoms with Crippen LogP contribution in [0.4, 0.5) is 0 Å². The first-order valence-electron chi connectivity index (χ1n) is 7.23. The summed E-state index contributed by atoms with van der Waals surface area (Å²) in [5, 5.41) is 12.7. The molecule has 4 heteroatoms. The number of carbonyl (C=O) groups is 1. The van der Waals surface area contributed by atoms with Gasteiger partial charge in [0.2, 0.25) is 0 Å². The normalized spacial score (nSPS) is 13.9. The van der Waals surface area contributed by atoms with Gasteiger partial charge in [-0.25, -0.2) is 0 Å². The number of carbonyl (C=O) groups excluding carboxylic acids is 1. The van der Waals surface area contributed by atoms with E-state index in [-0.39, 0.29) is 11.9 Å². The van der Waals surface area contributed by atoms with Gasteiger partial charge < -0.3 is 15.2 Å². The average Bonchev–Trinajstić information content (AvgIpc) is 2.44. The van der Waals surface area contributed by atoms with E-state index in [4.69, 9.17) is 4.74 Å². The van der Waals surface area contributed by atoms with Gasteiger partial charge in [-0.05, 0) is 32.8 Å². The summed E-state index contributed by atoms with van der Waals surface area (Å²) in [5.41, 5.74) is 0.690. The minimum Gasteiger partial charge on any atom is -0.481 e. The van der Waals surface area contributed by atoms with Crippen molar-refractivity contribution in [2.24, 2.45) is 0 Å². The number of amides is 1. The molecule has 1 amide bonds. The topological polar surface area (TPSA) is 58.6 Å². The van der Waals surface area contributed by atoms with E-state index in [1.807, 2.05) is 26.0 Å². The van der Waals surface area contributed by atoms with Gasteiger partial charge in [0.15, 0.2) is 6.10 Å². The Labute approximate surface area is 121 Å². The van der Waals surface area contributed by atoms with Crippen LogP contribution in [0.1, 0.15) is 52.2 Å². The van der Waals surface area contributed by atoms with Crippen LogP contribution in [0.2, 0.25) is 0 Å². The van der Waals surface area contributed by atoms with Crippen LogP contribution in [-0.4, -0.2) is 23.2 Å². The third-order valence-corrected chi connectivity index (χ3v) is 3.37. The van der Waals surface area contributed by atoms with E-state index in [0.717, 1.165) is 12.8 Å². The minimum absolute atomic E-state index is 0.126. The fourth-order valence-electron chi connectivity index (χ4n) is 1.99. The molecule has 0 radical (unpaired) electrons. The summed E-state index contributed by atoms with van der Waals surface area (Å²) in [6, 6.07) is 7.41. The molecule has 1 aromatic rings. The maximum Gasteiger partial charge on any atom is 0.260 e. The van der Waals surface area contributed by atoms with Crippen molar-refractivity contribution in [1.29, 1.82) is 0 Å². The van der Waals surface area contributed by atoms with Gasteiger partial charge in [0.05, 0.1) is 6.10 Å². The van der Waals surface area contributed by atoms with Gasteiger partial charge in [-0.15, -0.1) is 0 Å². The third-order valence-electron chi connectivity index (χ3n) is 3.37. The Morgan fingerprint density at radius 3 is 2.40 bits per heavy atom. The summed E-state index contributed by atoms with van der Waals surface area (Å²) < 4.78 is 5.69. The largest absolute Gasteiger partial charge is 0.481 e. The minimum atomic E-state index is -0.625. The van der Waals surface area contributed by atoms with Gasteiger partial charge in [-0.3, -0.25) is 4.79 Å². The van der Waals surface area contributed by atoms with Crippen LogP contribution < -0.4 is 10.1 Å². The average molecular weight is 279 g/mol. The molecule has 0 aliphatic rings. The van der Waals surface area contributed by atoms with Crippen molar-refractivity contribution in [2.75, 3.05) is 0 Å². The van der Waals surface area contributed by atoms with Crippen molar-refractivity contribution in [3.05, 3.63) is 29.8 Å².